The molecule has 0 fully saturated rings. The third-order valence-corrected chi connectivity index (χ3v) is 2.93. The SMILES string of the molecule is CCC(C)CCOC(=O)c1ccc(C=O)c(O)c1. The van der Waals surface area contributed by atoms with Crippen molar-refractivity contribution in [2.24, 2.45) is 5.92 Å². The molecule has 0 aliphatic heterocycles. The lowest BCUT2D eigenvalue weighted by Gasteiger charge is -2.09. The van der Waals surface area contributed by atoms with Gasteiger partial charge >= 0.3 is 5.97 Å². The fourth-order valence-corrected chi connectivity index (χ4v) is 1.41. The Kier molecular flexibility index (Phi) is 5.36. The minimum atomic E-state index is -0.481. The standard InChI is InChI=1S/C14H18O4/c1-3-10(2)6-7-18-14(17)11-4-5-12(9-15)13(16)8-11/h4-5,8-10,16H,3,6-7H2,1-2H3. The summed E-state index contributed by atoms with van der Waals surface area (Å²) in [7, 11) is 0. The monoisotopic (exact) mass is 250 g/mol. The van der Waals surface area contributed by atoms with E-state index in [1.54, 1.807) is 0 Å². The fourth-order valence-electron chi connectivity index (χ4n) is 1.41. The average Bonchev–Trinajstić information content (AvgIpc) is 2.38. The van der Waals surface area contributed by atoms with Crippen molar-refractivity contribution in [3.05, 3.63) is 29.3 Å². The van der Waals surface area contributed by atoms with Crippen LogP contribution in [0.3, 0.4) is 0 Å². The number of hydrogen-bond acceptors (Lipinski definition) is 4. The van der Waals surface area contributed by atoms with Crippen LogP contribution in [-0.4, -0.2) is 24.0 Å². The van der Waals surface area contributed by atoms with Crippen molar-refractivity contribution in [3.8, 4) is 5.75 Å². The molecule has 1 unspecified atom stereocenters. The lowest BCUT2D eigenvalue weighted by molar-refractivity contribution is 0.0484. The highest BCUT2D eigenvalue weighted by atomic mass is 16.5. The first kappa shape index (κ1) is 14.2. The van der Waals surface area contributed by atoms with Crippen molar-refractivity contribution < 1.29 is 19.4 Å². The Morgan fingerprint density at radius 1 is 1.50 bits per heavy atom. The fraction of sp³-hybridized carbons (Fsp3) is 0.429. The molecule has 0 spiro atoms. The van der Waals surface area contributed by atoms with Crippen molar-refractivity contribution in [2.75, 3.05) is 6.61 Å². The molecule has 1 N–H and O–H groups in total. The van der Waals surface area contributed by atoms with E-state index in [9.17, 15) is 14.7 Å². The number of phenolic OH excluding ortho intramolecular Hbond substituents is 1. The van der Waals surface area contributed by atoms with Crippen molar-refractivity contribution in [1.29, 1.82) is 0 Å². The average molecular weight is 250 g/mol. The van der Waals surface area contributed by atoms with Gasteiger partial charge in [0.2, 0.25) is 0 Å². The Morgan fingerprint density at radius 2 is 2.22 bits per heavy atom. The zero-order chi connectivity index (χ0) is 13.5. The molecule has 98 valence electrons. The van der Waals surface area contributed by atoms with Crippen LogP contribution in [-0.2, 0) is 4.74 Å². The number of ether oxygens (including phenoxy) is 1. The van der Waals surface area contributed by atoms with E-state index in [-0.39, 0.29) is 16.9 Å². The lowest BCUT2D eigenvalue weighted by Crippen LogP contribution is -2.08. The molecule has 0 radical (unpaired) electrons. The van der Waals surface area contributed by atoms with E-state index in [2.05, 4.69) is 13.8 Å². The number of benzene rings is 1. The number of carbonyl (C=O) groups is 2. The molecule has 1 atom stereocenters. The maximum Gasteiger partial charge on any atom is 0.338 e. The van der Waals surface area contributed by atoms with Crippen LogP contribution in [0, 0.1) is 5.92 Å². The molecule has 0 heterocycles. The van der Waals surface area contributed by atoms with Gasteiger partial charge in [0, 0.05) is 0 Å². The summed E-state index contributed by atoms with van der Waals surface area (Å²) >= 11 is 0. The summed E-state index contributed by atoms with van der Waals surface area (Å²) in [4.78, 5) is 22.2. The molecule has 0 amide bonds. The van der Waals surface area contributed by atoms with Gasteiger partial charge in [-0.2, -0.15) is 0 Å². The number of hydrogen-bond donors (Lipinski definition) is 1. The summed E-state index contributed by atoms with van der Waals surface area (Å²) in [5.41, 5.74) is 0.411. The maximum atomic E-state index is 11.6. The zero-order valence-corrected chi connectivity index (χ0v) is 10.7. The van der Waals surface area contributed by atoms with Crippen LogP contribution in [0.1, 0.15) is 47.4 Å². The molecule has 4 heteroatoms. The van der Waals surface area contributed by atoms with Gasteiger partial charge in [-0.15, -0.1) is 0 Å². The smallest absolute Gasteiger partial charge is 0.338 e. The largest absolute Gasteiger partial charge is 0.507 e. The molecular formula is C14H18O4. The van der Waals surface area contributed by atoms with Crippen LogP contribution in [0.25, 0.3) is 0 Å². The molecule has 0 saturated carbocycles. The van der Waals surface area contributed by atoms with E-state index in [4.69, 9.17) is 4.74 Å². The van der Waals surface area contributed by atoms with Gasteiger partial charge in [-0.1, -0.05) is 20.3 Å². The highest BCUT2D eigenvalue weighted by Gasteiger charge is 2.10. The van der Waals surface area contributed by atoms with Crippen LogP contribution < -0.4 is 0 Å². The Hall–Kier alpha value is -1.84. The highest BCUT2D eigenvalue weighted by molar-refractivity contribution is 5.91. The molecular weight excluding hydrogens is 232 g/mol. The number of esters is 1. The molecule has 1 aromatic carbocycles. The van der Waals surface area contributed by atoms with Crippen LogP contribution in [0.4, 0.5) is 0 Å². The molecule has 0 aliphatic carbocycles. The number of aldehydes is 1. The van der Waals surface area contributed by atoms with E-state index in [0.717, 1.165) is 12.8 Å². The van der Waals surface area contributed by atoms with Gasteiger partial charge in [0.05, 0.1) is 17.7 Å². The van der Waals surface area contributed by atoms with Gasteiger partial charge in [0.25, 0.3) is 0 Å². The molecule has 0 aromatic heterocycles. The van der Waals surface area contributed by atoms with Gasteiger partial charge in [0.1, 0.15) is 5.75 Å². The third-order valence-electron chi connectivity index (χ3n) is 2.93. The molecule has 1 rings (SSSR count). The van der Waals surface area contributed by atoms with Crippen molar-refractivity contribution in [3.63, 3.8) is 0 Å². The first-order chi connectivity index (χ1) is 8.58. The number of carbonyl (C=O) groups excluding carboxylic acids is 2. The normalized spacial score (nSPS) is 11.9. The van der Waals surface area contributed by atoms with Gasteiger partial charge in [-0.3, -0.25) is 4.79 Å². The van der Waals surface area contributed by atoms with Gasteiger partial charge < -0.3 is 9.84 Å². The van der Waals surface area contributed by atoms with Gasteiger partial charge in [0.15, 0.2) is 6.29 Å². The van der Waals surface area contributed by atoms with E-state index in [1.165, 1.54) is 18.2 Å². The topological polar surface area (TPSA) is 63.6 Å². The van der Waals surface area contributed by atoms with Crippen molar-refractivity contribution >= 4 is 12.3 Å². The molecule has 1 aromatic rings. The second-order valence-corrected chi connectivity index (χ2v) is 4.33. The molecule has 4 nitrogen and oxygen atoms in total. The third kappa shape index (κ3) is 3.87. The molecule has 0 saturated heterocycles. The van der Waals surface area contributed by atoms with Gasteiger partial charge in [-0.25, -0.2) is 4.79 Å². The summed E-state index contributed by atoms with van der Waals surface area (Å²) in [6.45, 7) is 4.55. The van der Waals surface area contributed by atoms with E-state index < -0.39 is 5.97 Å². The van der Waals surface area contributed by atoms with Crippen molar-refractivity contribution in [2.45, 2.75) is 26.7 Å². The van der Waals surface area contributed by atoms with E-state index in [0.29, 0.717) is 18.8 Å². The quantitative estimate of drug-likeness (QED) is 0.623. The summed E-state index contributed by atoms with van der Waals surface area (Å²) in [6.07, 6.45) is 2.40. The summed E-state index contributed by atoms with van der Waals surface area (Å²) in [5.74, 6) is -0.170. The molecule has 0 aliphatic rings. The first-order valence-electron chi connectivity index (χ1n) is 6.03. The van der Waals surface area contributed by atoms with Crippen LogP contribution in [0.2, 0.25) is 0 Å². The highest BCUT2D eigenvalue weighted by Crippen LogP contribution is 2.17. The second kappa shape index (κ2) is 6.79. The maximum absolute atomic E-state index is 11.6. The Labute approximate surface area is 107 Å². The van der Waals surface area contributed by atoms with Crippen LogP contribution >= 0.6 is 0 Å². The number of rotatable bonds is 6. The molecule has 18 heavy (non-hydrogen) atoms. The van der Waals surface area contributed by atoms with Gasteiger partial charge in [-0.05, 0) is 30.5 Å². The van der Waals surface area contributed by atoms with Crippen LogP contribution in [0.15, 0.2) is 18.2 Å². The van der Waals surface area contributed by atoms with Crippen molar-refractivity contribution in [1.82, 2.24) is 0 Å². The van der Waals surface area contributed by atoms with Crippen LogP contribution in [0.5, 0.6) is 5.75 Å². The zero-order valence-electron chi connectivity index (χ0n) is 10.7. The summed E-state index contributed by atoms with van der Waals surface area (Å²) in [5, 5.41) is 9.45. The lowest BCUT2D eigenvalue weighted by atomic mass is 10.1. The second-order valence-electron chi connectivity index (χ2n) is 4.33. The molecule has 0 bridgehead atoms. The first-order valence-corrected chi connectivity index (χ1v) is 6.03. The summed E-state index contributed by atoms with van der Waals surface area (Å²) < 4.78 is 5.09. The number of phenols is 1. The minimum absolute atomic E-state index is 0.158. The predicted molar refractivity (Wildman–Crippen MR) is 67.8 cm³/mol. The predicted octanol–water partition coefficient (Wildman–Crippen LogP) is 2.80. The number of aromatic hydroxyl groups is 1. The summed E-state index contributed by atoms with van der Waals surface area (Å²) in [6, 6.07) is 4.11. The minimum Gasteiger partial charge on any atom is -0.507 e. The van der Waals surface area contributed by atoms with E-state index in [1.807, 2.05) is 0 Å². The Morgan fingerprint density at radius 3 is 2.78 bits per heavy atom. The Balaban J connectivity index is 2.56. The van der Waals surface area contributed by atoms with E-state index >= 15 is 0 Å². The Bertz CT molecular complexity index is 426.